The highest BCUT2D eigenvalue weighted by Crippen LogP contribution is 2.32. The van der Waals surface area contributed by atoms with E-state index in [9.17, 15) is 10.2 Å². The fraction of sp³-hybridized carbons (Fsp3) is 0.357. The van der Waals surface area contributed by atoms with E-state index >= 15 is 0 Å². The van der Waals surface area contributed by atoms with Gasteiger partial charge < -0.3 is 29.2 Å². The smallest absolute Gasteiger partial charge is 0.187 e. The van der Waals surface area contributed by atoms with Gasteiger partial charge in [0.05, 0.1) is 45.2 Å². The molecule has 5 atom stereocenters. The van der Waals surface area contributed by atoms with E-state index in [4.69, 9.17) is 18.9 Å². The van der Waals surface area contributed by atoms with Gasteiger partial charge in [-0.05, 0) is 16.7 Å². The summed E-state index contributed by atoms with van der Waals surface area (Å²) in [6.07, 6.45) is -2.55. The van der Waals surface area contributed by atoms with Crippen molar-refractivity contribution in [3.63, 3.8) is 0 Å². The first-order chi connectivity index (χ1) is 16.8. The van der Waals surface area contributed by atoms with Crippen LogP contribution in [-0.2, 0) is 38.8 Å². The molecule has 3 aromatic rings. The number of rotatable bonds is 11. The Morgan fingerprint density at radius 1 is 0.559 bits per heavy atom. The average molecular weight is 465 g/mol. The third-order valence-corrected chi connectivity index (χ3v) is 6.02. The molecular weight excluding hydrogens is 432 g/mol. The summed E-state index contributed by atoms with van der Waals surface area (Å²) in [4.78, 5) is 0. The van der Waals surface area contributed by atoms with Crippen LogP contribution in [-0.4, -0.2) is 48.0 Å². The fourth-order valence-corrected chi connectivity index (χ4v) is 4.17. The van der Waals surface area contributed by atoms with Crippen molar-refractivity contribution in [2.24, 2.45) is 5.92 Å². The van der Waals surface area contributed by atoms with Crippen molar-refractivity contribution < 1.29 is 29.2 Å². The van der Waals surface area contributed by atoms with Gasteiger partial charge in [-0.25, -0.2) is 0 Å². The minimum atomic E-state index is -0.773. The van der Waals surface area contributed by atoms with Crippen LogP contribution in [0.15, 0.2) is 91.0 Å². The van der Waals surface area contributed by atoms with E-state index in [1.807, 2.05) is 91.0 Å². The quantitative estimate of drug-likeness (QED) is 0.451. The number of aliphatic hydroxyl groups is 2. The zero-order chi connectivity index (χ0) is 23.6. The third-order valence-electron chi connectivity index (χ3n) is 6.02. The topological polar surface area (TPSA) is 77.4 Å². The van der Waals surface area contributed by atoms with Gasteiger partial charge in [0.2, 0.25) is 0 Å². The predicted molar refractivity (Wildman–Crippen MR) is 128 cm³/mol. The van der Waals surface area contributed by atoms with Crippen LogP contribution in [0.25, 0.3) is 0 Å². The molecule has 2 N–H and O–H groups in total. The average Bonchev–Trinajstić information content (AvgIpc) is 2.91. The lowest BCUT2D eigenvalue weighted by molar-refractivity contribution is -0.315. The van der Waals surface area contributed by atoms with Crippen LogP contribution in [0.2, 0.25) is 0 Å². The van der Waals surface area contributed by atoms with Gasteiger partial charge in [-0.1, -0.05) is 91.0 Å². The first kappa shape index (κ1) is 24.5. The van der Waals surface area contributed by atoms with Crippen molar-refractivity contribution in [2.45, 2.75) is 44.4 Å². The van der Waals surface area contributed by atoms with Crippen molar-refractivity contribution >= 4 is 0 Å². The number of hydrogen-bond donors (Lipinski definition) is 2. The summed E-state index contributed by atoms with van der Waals surface area (Å²) >= 11 is 0. The molecule has 180 valence electrons. The molecule has 0 amide bonds. The normalized spacial score (nSPS) is 24.7. The van der Waals surface area contributed by atoms with E-state index in [0.717, 1.165) is 16.7 Å². The van der Waals surface area contributed by atoms with E-state index in [1.54, 1.807) is 0 Å². The molecule has 0 spiro atoms. The maximum absolute atomic E-state index is 10.2. The molecule has 1 unspecified atom stereocenters. The number of ether oxygens (including phenoxy) is 4. The van der Waals surface area contributed by atoms with E-state index < -0.39 is 30.5 Å². The van der Waals surface area contributed by atoms with Gasteiger partial charge in [0.1, 0.15) is 6.10 Å². The molecule has 0 radical (unpaired) electrons. The molecule has 1 saturated heterocycles. The maximum Gasteiger partial charge on any atom is 0.187 e. The molecule has 1 fully saturated rings. The maximum atomic E-state index is 10.2. The summed E-state index contributed by atoms with van der Waals surface area (Å²) in [5, 5.41) is 20.2. The Morgan fingerprint density at radius 2 is 1.00 bits per heavy atom. The SMILES string of the molecule is OC[C@H]1[C@H](OCc2ccccc2)[C@@H](OCc2ccccc2)C(OCc2ccccc2)O[C@@H]1CO. The zero-order valence-electron chi connectivity index (χ0n) is 19.1. The number of hydrogen-bond acceptors (Lipinski definition) is 6. The molecule has 0 aliphatic carbocycles. The standard InChI is InChI=1S/C28H32O6/c29-16-24-25(17-30)34-28(33-20-23-14-8-3-9-15-23)27(32-19-22-12-6-2-7-13-22)26(24)31-18-21-10-4-1-5-11-21/h1-15,24-30H,16-20H2/t24-,25-,26+,27-,28?/m1/s1. The second-order valence-electron chi connectivity index (χ2n) is 8.39. The van der Waals surface area contributed by atoms with Gasteiger partial charge in [-0.2, -0.15) is 0 Å². The lowest BCUT2D eigenvalue weighted by Crippen LogP contribution is -2.59. The minimum absolute atomic E-state index is 0.207. The third kappa shape index (κ3) is 6.51. The molecule has 6 heteroatoms. The molecule has 0 bridgehead atoms. The molecular formula is C28H32O6. The zero-order valence-corrected chi connectivity index (χ0v) is 19.1. The van der Waals surface area contributed by atoms with E-state index in [2.05, 4.69) is 0 Å². The van der Waals surface area contributed by atoms with Gasteiger partial charge >= 0.3 is 0 Å². The summed E-state index contributed by atoms with van der Waals surface area (Å²) < 4.78 is 24.9. The fourth-order valence-electron chi connectivity index (χ4n) is 4.17. The molecule has 1 aliphatic rings. The molecule has 0 aromatic heterocycles. The molecule has 1 heterocycles. The Labute approximate surface area is 200 Å². The minimum Gasteiger partial charge on any atom is -0.396 e. The number of aliphatic hydroxyl groups excluding tert-OH is 2. The summed E-state index contributed by atoms with van der Waals surface area (Å²) in [6, 6.07) is 29.5. The largest absolute Gasteiger partial charge is 0.396 e. The molecule has 6 nitrogen and oxygen atoms in total. The first-order valence-electron chi connectivity index (χ1n) is 11.6. The molecule has 34 heavy (non-hydrogen) atoms. The molecule has 4 rings (SSSR count). The highest BCUT2D eigenvalue weighted by atomic mass is 16.7. The van der Waals surface area contributed by atoms with Crippen LogP contribution in [0.3, 0.4) is 0 Å². The van der Waals surface area contributed by atoms with E-state index in [0.29, 0.717) is 19.8 Å². The van der Waals surface area contributed by atoms with Crippen LogP contribution in [0.5, 0.6) is 0 Å². The van der Waals surface area contributed by atoms with Crippen molar-refractivity contribution in [1.82, 2.24) is 0 Å². The lowest BCUT2D eigenvalue weighted by atomic mass is 9.89. The Morgan fingerprint density at radius 3 is 1.44 bits per heavy atom. The number of benzene rings is 3. The monoisotopic (exact) mass is 464 g/mol. The van der Waals surface area contributed by atoms with Crippen LogP contribution in [0.4, 0.5) is 0 Å². The van der Waals surface area contributed by atoms with Crippen LogP contribution >= 0.6 is 0 Å². The molecule has 3 aromatic carbocycles. The Kier molecular flexibility index (Phi) is 9.21. The van der Waals surface area contributed by atoms with E-state index in [-0.39, 0.29) is 13.2 Å². The predicted octanol–water partition coefficient (Wildman–Crippen LogP) is 3.70. The summed E-state index contributed by atoms with van der Waals surface area (Å²) in [5.74, 6) is -0.467. The van der Waals surface area contributed by atoms with Crippen molar-refractivity contribution in [3.8, 4) is 0 Å². The Bertz CT molecular complexity index is 952. The molecule has 0 saturated carbocycles. The highest BCUT2D eigenvalue weighted by Gasteiger charge is 2.47. The second kappa shape index (κ2) is 12.8. The Balaban J connectivity index is 1.55. The first-order valence-corrected chi connectivity index (χ1v) is 11.6. The lowest BCUT2D eigenvalue weighted by Gasteiger charge is -2.45. The van der Waals surface area contributed by atoms with Gasteiger partial charge in [0, 0.05) is 5.92 Å². The van der Waals surface area contributed by atoms with E-state index in [1.165, 1.54) is 0 Å². The van der Waals surface area contributed by atoms with Crippen molar-refractivity contribution in [2.75, 3.05) is 13.2 Å². The Hall–Kier alpha value is -2.58. The van der Waals surface area contributed by atoms with Gasteiger partial charge in [0.15, 0.2) is 6.29 Å². The second-order valence-corrected chi connectivity index (χ2v) is 8.39. The van der Waals surface area contributed by atoms with Gasteiger partial charge in [0.25, 0.3) is 0 Å². The van der Waals surface area contributed by atoms with Gasteiger partial charge in [-0.3, -0.25) is 0 Å². The summed E-state index contributed by atoms with van der Waals surface area (Å²) in [7, 11) is 0. The van der Waals surface area contributed by atoms with Crippen LogP contribution < -0.4 is 0 Å². The summed E-state index contributed by atoms with van der Waals surface area (Å²) in [5.41, 5.74) is 3.02. The van der Waals surface area contributed by atoms with Crippen molar-refractivity contribution in [1.29, 1.82) is 0 Å². The van der Waals surface area contributed by atoms with Gasteiger partial charge in [-0.15, -0.1) is 0 Å². The van der Waals surface area contributed by atoms with Crippen LogP contribution in [0.1, 0.15) is 16.7 Å². The summed E-state index contributed by atoms with van der Waals surface area (Å²) in [6.45, 7) is 0.544. The molecule has 1 aliphatic heterocycles. The van der Waals surface area contributed by atoms with Crippen LogP contribution in [0, 0.1) is 5.92 Å². The van der Waals surface area contributed by atoms with Crippen molar-refractivity contribution in [3.05, 3.63) is 108 Å². The highest BCUT2D eigenvalue weighted by molar-refractivity contribution is 5.15.